The standard InChI is InChI=1S/C25H28N4O/c1-26-24(30)25(10-3-15-29(19-25)18-20-6-11-27-12-7-20)17-21-4-2-5-23(16-21)22-8-13-28-14-9-22/h2,4-9,11-14,16H,3,10,15,17-19H2,1H3,(H,26,30). The van der Waals surface area contributed by atoms with E-state index in [1.807, 2.05) is 49.1 Å². The van der Waals surface area contributed by atoms with Gasteiger partial charge in [0.05, 0.1) is 5.41 Å². The van der Waals surface area contributed by atoms with Gasteiger partial charge in [0.1, 0.15) is 0 Å². The van der Waals surface area contributed by atoms with Gasteiger partial charge in [-0.15, -0.1) is 0 Å². The van der Waals surface area contributed by atoms with Gasteiger partial charge in [-0.1, -0.05) is 24.3 Å². The van der Waals surface area contributed by atoms with Crippen molar-refractivity contribution >= 4 is 5.91 Å². The van der Waals surface area contributed by atoms with Gasteiger partial charge >= 0.3 is 0 Å². The van der Waals surface area contributed by atoms with Crippen molar-refractivity contribution in [2.45, 2.75) is 25.8 Å². The van der Waals surface area contributed by atoms with Gasteiger partial charge in [-0.05, 0) is 72.3 Å². The third-order valence-corrected chi connectivity index (χ3v) is 6.00. The van der Waals surface area contributed by atoms with Crippen LogP contribution in [0.15, 0.2) is 73.3 Å². The van der Waals surface area contributed by atoms with Gasteiger partial charge in [0.25, 0.3) is 0 Å². The van der Waals surface area contributed by atoms with Crippen molar-refractivity contribution in [1.29, 1.82) is 0 Å². The molecule has 3 heterocycles. The molecule has 4 rings (SSSR count). The highest BCUT2D eigenvalue weighted by Gasteiger charge is 2.41. The lowest BCUT2D eigenvalue weighted by Gasteiger charge is -2.41. The van der Waals surface area contributed by atoms with Crippen molar-refractivity contribution < 1.29 is 4.79 Å². The van der Waals surface area contributed by atoms with Gasteiger partial charge in [-0.2, -0.15) is 0 Å². The summed E-state index contributed by atoms with van der Waals surface area (Å²) in [5.41, 5.74) is 4.31. The van der Waals surface area contributed by atoms with Gasteiger partial charge in [-0.3, -0.25) is 19.7 Å². The minimum Gasteiger partial charge on any atom is -0.359 e. The van der Waals surface area contributed by atoms with E-state index in [9.17, 15) is 4.79 Å². The predicted molar refractivity (Wildman–Crippen MR) is 119 cm³/mol. The maximum Gasteiger partial charge on any atom is 0.227 e. The van der Waals surface area contributed by atoms with E-state index in [0.717, 1.165) is 50.0 Å². The summed E-state index contributed by atoms with van der Waals surface area (Å²) in [6.45, 7) is 2.62. The molecule has 5 heteroatoms. The van der Waals surface area contributed by atoms with Crippen molar-refractivity contribution in [3.8, 4) is 11.1 Å². The highest BCUT2D eigenvalue weighted by Crippen LogP contribution is 2.35. The quantitative estimate of drug-likeness (QED) is 0.685. The minimum absolute atomic E-state index is 0.135. The van der Waals surface area contributed by atoms with Crippen LogP contribution in [0.3, 0.4) is 0 Å². The zero-order valence-corrected chi connectivity index (χ0v) is 17.4. The average molecular weight is 401 g/mol. The van der Waals surface area contributed by atoms with Crippen molar-refractivity contribution in [3.05, 3.63) is 84.4 Å². The van der Waals surface area contributed by atoms with E-state index in [1.54, 1.807) is 7.05 Å². The van der Waals surface area contributed by atoms with Gasteiger partial charge < -0.3 is 5.32 Å². The second-order valence-corrected chi connectivity index (χ2v) is 8.14. The van der Waals surface area contributed by atoms with Crippen LogP contribution in [0.1, 0.15) is 24.0 Å². The molecule has 2 aromatic heterocycles. The number of pyridine rings is 2. The molecule has 0 spiro atoms. The second kappa shape index (κ2) is 9.18. The van der Waals surface area contributed by atoms with E-state index in [-0.39, 0.29) is 5.91 Å². The molecule has 0 bridgehead atoms. The van der Waals surface area contributed by atoms with Crippen LogP contribution in [0.5, 0.6) is 0 Å². The molecule has 1 N–H and O–H groups in total. The van der Waals surface area contributed by atoms with Gasteiger partial charge in [0.15, 0.2) is 0 Å². The van der Waals surface area contributed by atoms with E-state index in [2.05, 4.69) is 44.5 Å². The zero-order chi connectivity index (χ0) is 20.8. The molecule has 154 valence electrons. The first-order valence-electron chi connectivity index (χ1n) is 10.5. The predicted octanol–water partition coefficient (Wildman–Crippen LogP) is 3.71. The SMILES string of the molecule is CNC(=O)C1(Cc2cccc(-c3ccncc3)c2)CCCN(Cc2ccncc2)C1. The number of benzene rings is 1. The summed E-state index contributed by atoms with van der Waals surface area (Å²) < 4.78 is 0. The van der Waals surface area contributed by atoms with Gasteiger partial charge in [-0.25, -0.2) is 0 Å². The maximum atomic E-state index is 13.1. The van der Waals surface area contributed by atoms with Crippen molar-refractivity contribution in [2.24, 2.45) is 5.41 Å². The van der Waals surface area contributed by atoms with Crippen molar-refractivity contribution in [1.82, 2.24) is 20.2 Å². The van der Waals surface area contributed by atoms with Crippen LogP contribution in [-0.4, -0.2) is 40.9 Å². The zero-order valence-electron chi connectivity index (χ0n) is 17.4. The number of nitrogens with one attached hydrogen (secondary N) is 1. The number of piperidine rings is 1. The largest absolute Gasteiger partial charge is 0.359 e. The highest BCUT2D eigenvalue weighted by atomic mass is 16.2. The summed E-state index contributed by atoms with van der Waals surface area (Å²) >= 11 is 0. The molecule has 0 radical (unpaired) electrons. The summed E-state index contributed by atoms with van der Waals surface area (Å²) in [6.07, 6.45) is 9.93. The number of nitrogens with zero attached hydrogens (tertiary/aromatic N) is 3. The molecule has 5 nitrogen and oxygen atoms in total. The second-order valence-electron chi connectivity index (χ2n) is 8.14. The van der Waals surface area contributed by atoms with Gasteiger partial charge in [0.2, 0.25) is 5.91 Å². The van der Waals surface area contributed by atoms with Crippen LogP contribution in [-0.2, 0) is 17.8 Å². The number of rotatable bonds is 6. The lowest BCUT2D eigenvalue weighted by Crippen LogP contribution is -2.52. The number of aromatic nitrogens is 2. The van der Waals surface area contributed by atoms with Gasteiger partial charge in [0, 0.05) is 44.9 Å². The Kier molecular flexibility index (Phi) is 6.19. The lowest BCUT2D eigenvalue weighted by molar-refractivity contribution is -0.134. The summed E-state index contributed by atoms with van der Waals surface area (Å²) in [6, 6.07) is 16.7. The van der Waals surface area contributed by atoms with Crippen LogP contribution in [0.2, 0.25) is 0 Å². The third kappa shape index (κ3) is 4.57. The van der Waals surface area contributed by atoms with E-state index in [4.69, 9.17) is 0 Å². The van der Waals surface area contributed by atoms with Crippen LogP contribution >= 0.6 is 0 Å². The Morgan fingerprint density at radius 1 is 1.00 bits per heavy atom. The fourth-order valence-corrected chi connectivity index (χ4v) is 4.58. The lowest BCUT2D eigenvalue weighted by atomic mass is 9.74. The molecule has 30 heavy (non-hydrogen) atoms. The highest BCUT2D eigenvalue weighted by molar-refractivity contribution is 5.83. The summed E-state index contributed by atoms with van der Waals surface area (Å²) in [5, 5.41) is 2.94. The Hall–Kier alpha value is -3.05. The Labute approximate surface area is 178 Å². The van der Waals surface area contributed by atoms with Crippen LogP contribution in [0, 0.1) is 5.41 Å². The molecule has 1 fully saturated rings. The first-order chi connectivity index (χ1) is 14.7. The number of hydrogen-bond acceptors (Lipinski definition) is 4. The summed E-state index contributed by atoms with van der Waals surface area (Å²) in [7, 11) is 1.75. The first kappa shape index (κ1) is 20.2. The first-order valence-corrected chi connectivity index (χ1v) is 10.5. The number of carbonyl (C=O) groups excluding carboxylic acids is 1. The van der Waals surface area contributed by atoms with Crippen molar-refractivity contribution in [3.63, 3.8) is 0 Å². The fourth-order valence-electron chi connectivity index (χ4n) is 4.58. The van der Waals surface area contributed by atoms with E-state index < -0.39 is 5.41 Å². The molecular weight excluding hydrogens is 372 g/mol. The number of likely N-dealkylation sites (tertiary alicyclic amines) is 1. The summed E-state index contributed by atoms with van der Waals surface area (Å²) in [4.78, 5) is 23.7. The fraction of sp³-hybridized carbons (Fsp3) is 0.320. The molecule has 0 aliphatic carbocycles. The number of amides is 1. The minimum atomic E-state index is -0.420. The monoisotopic (exact) mass is 400 g/mol. The Balaban J connectivity index is 1.57. The topological polar surface area (TPSA) is 58.1 Å². The third-order valence-electron chi connectivity index (χ3n) is 6.00. The number of carbonyl (C=O) groups is 1. The maximum absolute atomic E-state index is 13.1. The van der Waals surface area contributed by atoms with Crippen LogP contribution in [0.4, 0.5) is 0 Å². The average Bonchev–Trinajstić information content (AvgIpc) is 2.80. The molecule has 1 atom stereocenters. The van der Waals surface area contributed by atoms with E-state index >= 15 is 0 Å². The molecule has 1 amide bonds. The number of hydrogen-bond donors (Lipinski definition) is 1. The van der Waals surface area contributed by atoms with E-state index in [0.29, 0.717) is 0 Å². The molecule has 1 aliphatic heterocycles. The van der Waals surface area contributed by atoms with Crippen molar-refractivity contribution in [2.75, 3.05) is 20.1 Å². The molecule has 1 aromatic carbocycles. The Morgan fingerprint density at radius 2 is 1.73 bits per heavy atom. The van der Waals surface area contributed by atoms with E-state index in [1.165, 1.54) is 11.1 Å². The smallest absolute Gasteiger partial charge is 0.227 e. The molecule has 1 aliphatic rings. The molecule has 1 saturated heterocycles. The molecule has 1 unspecified atom stereocenters. The normalized spacial score (nSPS) is 19.4. The summed E-state index contributed by atoms with van der Waals surface area (Å²) in [5.74, 6) is 0.135. The molecule has 0 saturated carbocycles. The Bertz CT molecular complexity index is 977. The molecule has 3 aromatic rings. The van der Waals surface area contributed by atoms with Crippen LogP contribution < -0.4 is 5.32 Å². The molecular formula is C25H28N4O. The Morgan fingerprint density at radius 3 is 2.47 bits per heavy atom. The van der Waals surface area contributed by atoms with Crippen LogP contribution in [0.25, 0.3) is 11.1 Å².